The van der Waals surface area contributed by atoms with Gasteiger partial charge in [-0.05, 0) is 38.6 Å². The highest BCUT2D eigenvalue weighted by Gasteiger charge is 2.24. The zero-order chi connectivity index (χ0) is 15.2. The van der Waals surface area contributed by atoms with Gasteiger partial charge in [0, 0.05) is 43.5 Å². The number of likely N-dealkylation sites (N-methyl/N-ethyl adjacent to an activating group) is 1. The van der Waals surface area contributed by atoms with Gasteiger partial charge in [-0.2, -0.15) is 0 Å². The van der Waals surface area contributed by atoms with Crippen molar-refractivity contribution >= 4 is 5.69 Å². The number of halogens is 1. The molecular formula is C17H28FN3. The largest absolute Gasteiger partial charge is 0.368 e. The van der Waals surface area contributed by atoms with Gasteiger partial charge in [-0.1, -0.05) is 19.9 Å². The zero-order valence-electron chi connectivity index (χ0n) is 13.5. The first kappa shape index (κ1) is 16.2. The Kier molecular flexibility index (Phi) is 6.00. The molecule has 0 spiro atoms. The lowest BCUT2D eigenvalue weighted by molar-refractivity contribution is 0.199. The molecule has 0 radical (unpaired) electrons. The van der Waals surface area contributed by atoms with E-state index in [9.17, 15) is 4.39 Å². The molecule has 0 amide bonds. The van der Waals surface area contributed by atoms with Gasteiger partial charge >= 0.3 is 0 Å². The molecule has 1 saturated heterocycles. The summed E-state index contributed by atoms with van der Waals surface area (Å²) in [5, 5.41) is 3.33. The molecule has 1 N–H and O–H groups in total. The highest BCUT2D eigenvalue weighted by molar-refractivity contribution is 5.54. The van der Waals surface area contributed by atoms with Crippen LogP contribution < -0.4 is 10.2 Å². The Labute approximate surface area is 128 Å². The molecule has 0 aliphatic carbocycles. The molecule has 1 atom stereocenters. The number of nitrogens with zero attached hydrogens (tertiary/aromatic N) is 2. The van der Waals surface area contributed by atoms with E-state index >= 15 is 0 Å². The lowest BCUT2D eigenvalue weighted by Gasteiger charge is -2.41. The summed E-state index contributed by atoms with van der Waals surface area (Å²) >= 11 is 0. The quantitative estimate of drug-likeness (QED) is 0.814. The molecule has 4 heteroatoms. The first-order valence-electron chi connectivity index (χ1n) is 8.14. The van der Waals surface area contributed by atoms with E-state index in [0.717, 1.165) is 50.4 Å². The Morgan fingerprint density at radius 3 is 2.76 bits per heavy atom. The van der Waals surface area contributed by atoms with E-state index in [1.807, 2.05) is 6.07 Å². The number of hydrogen-bond donors (Lipinski definition) is 1. The van der Waals surface area contributed by atoms with Gasteiger partial charge in [0.05, 0.1) is 0 Å². The fourth-order valence-corrected chi connectivity index (χ4v) is 3.09. The SMILES string of the molecule is CCCNCc1c(F)cccc1N1CCN(CC)C(C)C1. The average Bonchev–Trinajstić information content (AvgIpc) is 2.49. The van der Waals surface area contributed by atoms with E-state index in [-0.39, 0.29) is 5.82 Å². The summed E-state index contributed by atoms with van der Waals surface area (Å²) in [5.74, 6) is -0.0957. The molecule has 2 rings (SSSR count). The van der Waals surface area contributed by atoms with Gasteiger partial charge in [0.2, 0.25) is 0 Å². The van der Waals surface area contributed by atoms with Crippen molar-refractivity contribution in [3.63, 3.8) is 0 Å². The Balaban J connectivity index is 2.13. The first-order valence-corrected chi connectivity index (χ1v) is 8.14. The van der Waals surface area contributed by atoms with Crippen LogP contribution in [0.4, 0.5) is 10.1 Å². The second-order valence-corrected chi connectivity index (χ2v) is 5.84. The third-order valence-electron chi connectivity index (χ3n) is 4.33. The molecule has 1 fully saturated rings. The summed E-state index contributed by atoms with van der Waals surface area (Å²) in [4.78, 5) is 4.81. The van der Waals surface area contributed by atoms with E-state index in [2.05, 4.69) is 42.0 Å². The predicted molar refractivity (Wildman–Crippen MR) is 87.3 cm³/mol. The number of benzene rings is 1. The van der Waals surface area contributed by atoms with Crippen LogP contribution in [0.5, 0.6) is 0 Å². The van der Waals surface area contributed by atoms with Crippen molar-refractivity contribution in [3.8, 4) is 0 Å². The van der Waals surface area contributed by atoms with E-state index in [1.165, 1.54) is 0 Å². The number of nitrogens with one attached hydrogen (secondary N) is 1. The van der Waals surface area contributed by atoms with Crippen molar-refractivity contribution in [2.24, 2.45) is 0 Å². The highest BCUT2D eigenvalue weighted by Crippen LogP contribution is 2.25. The summed E-state index contributed by atoms with van der Waals surface area (Å²) in [6, 6.07) is 5.96. The Morgan fingerprint density at radius 2 is 2.10 bits per heavy atom. The summed E-state index contributed by atoms with van der Waals surface area (Å²) in [5.41, 5.74) is 1.87. The molecule has 0 bridgehead atoms. The molecule has 1 aliphatic heterocycles. The number of rotatable bonds is 6. The van der Waals surface area contributed by atoms with Gasteiger partial charge in [0.1, 0.15) is 5.82 Å². The van der Waals surface area contributed by atoms with E-state index in [0.29, 0.717) is 12.6 Å². The van der Waals surface area contributed by atoms with Gasteiger partial charge in [0.25, 0.3) is 0 Å². The molecule has 1 aromatic rings. The van der Waals surface area contributed by atoms with E-state index in [4.69, 9.17) is 0 Å². The van der Waals surface area contributed by atoms with E-state index < -0.39 is 0 Å². The number of anilines is 1. The van der Waals surface area contributed by atoms with Crippen molar-refractivity contribution < 1.29 is 4.39 Å². The maximum absolute atomic E-state index is 14.2. The normalized spacial score (nSPS) is 20.0. The monoisotopic (exact) mass is 293 g/mol. The van der Waals surface area contributed by atoms with Crippen molar-refractivity contribution in [2.75, 3.05) is 37.6 Å². The summed E-state index contributed by atoms with van der Waals surface area (Å²) in [6.45, 7) is 12.2. The second-order valence-electron chi connectivity index (χ2n) is 5.84. The van der Waals surface area contributed by atoms with Crippen molar-refractivity contribution in [1.29, 1.82) is 0 Å². The fourth-order valence-electron chi connectivity index (χ4n) is 3.09. The molecule has 0 saturated carbocycles. The minimum Gasteiger partial charge on any atom is -0.368 e. The minimum atomic E-state index is -0.0957. The molecule has 1 unspecified atom stereocenters. The molecule has 1 aliphatic rings. The van der Waals surface area contributed by atoms with Crippen molar-refractivity contribution in [3.05, 3.63) is 29.6 Å². The Hall–Kier alpha value is -1.13. The van der Waals surface area contributed by atoms with Crippen molar-refractivity contribution in [2.45, 2.75) is 39.8 Å². The van der Waals surface area contributed by atoms with Crippen LogP contribution in [-0.4, -0.2) is 43.7 Å². The molecule has 118 valence electrons. The van der Waals surface area contributed by atoms with Crippen LogP contribution in [0.15, 0.2) is 18.2 Å². The third kappa shape index (κ3) is 3.95. The molecule has 1 aromatic carbocycles. The molecule has 0 aromatic heterocycles. The molecule has 21 heavy (non-hydrogen) atoms. The van der Waals surface area contributed by atoms with Crippen molar-refractivity contribution in [1.82, 2.24) is 10.2 Å². The standard InChI is InChI=1S/C17H28FN3/c1-4-9-19-12-15-16(18)7-6-8-17(15)21-11-10-20(5-2)14(3)13-21/h6-8,14,19H,4-5,9-13H2,1-3H3. The van der Waals surface area contributed by atoms with Crippen LogP contribution in [0.3, 0.4) is 0 Å². The van der Waals surface area contributed by atoms with Crippen LogP contribution in [0.1, 0.15) is 32.8 Å². The fraction of sp³-hybridized carbons (Fsp3) is 0.647. The minimum absolute atomic E-state index is 0.0957. The van der Waals surface area contributed by atoms with Crippen LogP contribution in [0.25, 0.3) is 0 Å². The van der Waals surface area contributed by atoms with Crippen LogP contribution in [-0.2, 0) is 6.54 Å². The van der Waals surface area contributed by atoms with Crippen LogP contribution >= 0.6 is 0 Å². The van der Waals surface area contributed by atoms with E-state index in [1.54, 1.807) is 6.07 Å². The maximum Gasteiger partial charge on any atom is 0.129 e. The highest BCUT2D eigenvalue weighted by atomic mass is 19.1. The summed E-state index contributed by atoms with van der Waals surface area (Å²) in [6.07, 6.45) is 1.07. The average molecular weight is 293 g/mol. The van der Waals surface area contributed by atoms with Gasteiger partial charge in [-0.15, -0.1) is 0 Å². The third-order valence-corrected chi connectivity index (χ3v) is 4.33. The lowest BCUT2D eigenvalue weighted by Crippen LogP contribution is -2.52. The van der Waals surface area contributed by atoms with Gasteiger partial charge < -0.3 is 10.2 Å². The predicted octanol–water partition coefficient (Wildman–Crippen LogP) is 2.86. The topological polar surface area (TPSA) is 18.5 Å². The van der Waals surface area contributed by atoms with Gasteiger partial charge in [-0.25, -0.2) is 4.39 Å². The van der Waals surface area contributed by atoms with Gasteiger partial charge in [-0.3, -0.25) is 4.90 Å². The zero-order valence-corrected chi connectivity index (χ0v) is 13.5. The van der Waals surface area contributed by atoms with Crippen LogP contribution in [0, 0.1) is 5.82 Å². The van der Waals surface area contributed by atoms with Crippen LogP contribution in [0.2, 0.25) is 0 Å². The maximum atomic E-state index is 14.2. The molecule has 3 nitrogen and oxygen atoms in total. The van der Waals surface area contributed by atoms with Gasteiger partial charge in [0.15, 0.2) is 0 Å². The Bertz CT molecular complexity index is 450. The molecule has 1 heterocycles. The second kappa shape index (κ2) is 7.76. The Morgan fingerprint density at radius 1 is 1.29 bits per heavy atom. The summed E-state index contributed by atoms with van der Waals surface area (Å²) in [7, 11) is 0. The number of piperazine rings is 1. The number of hydrogen-bond acceptors (Lipinski definition) is 3. The lowest BCUT2D eigenvalue weighted by atomic mass is 10.1. The first-order chi connectivity index (χ1) is 10.2. The molecular weight excluding hydrogens is 265 g/mol. The smallest absolute Gasteiger partial charge is 0.129 e. The summed E-state index contributed by atoms with van der Waals surface area (Å²) < 4.78 is 14.2.